The third kappa shape index (κ3) is 4.90. The number of benzene rings is 2. The molecule has 5 heteroatoms. The minimum Gasteiger partial charge on any atom is -0.297 e. The van der Waals surface area contributed by atoms with Crippen LogP contribution in [0.2, 0.25) is 0 Å². The van der Waals surface area contributed by atoms with E-state index in [-0.39, 0.29) is 0 Å². The summed E-state index contributed by atoms with van der Waals surface area (Å²) < 4.78 is 0. The number of nitrogens with one attached hydrogen (secondary N) is 1. The van der Waals surface area contributed by atoms with E-state index in [2.05, 4.69) is 85.6 Å². The molecule has 1 N–H and O–H groups in total. The summed E-state index contributed by atoms with van der Waals surface area (Å²) in [4.78, 5) is 9.19. The van der Waals surface area contributed by atoms with Gasteiger partial charge in [-0.2, -0.15) is 5.10 Å². The van der Waals surface area contributed by atoms with Gasteiger partial charge < -0.3 is 0 Å². The van der Waals surface area contributed by atoms with Crippen molar-refractivity contribution in [3.05, 3.63) is 96.4 Å². The van der Waals surface area contributed by atoms with Crippen LogP contribution in [0.3, 0.4) is 0 Å². The van der Waals surface area contributed by atoms with Gasteiger partial charge in [-0.15, -0.1) is 0 Å². The maximum Gasteiger partial charge on any atom is 0.0920 e. The molecule has 2 aromatic carbocycles. The first-order valence-electron chi connectivity index (χ1n) is 10.9. The predicted molar refractivity (Wildman–Crippen MR) is 124 cm³/mol. The number of hydrogen-bond donors (Lipinski definition) is 1. The summed E-state index contributed by atoms with van der Waals surface area (Å²) in [7, 11) is 0. The highest BCUT2D eigenvalue weighted by atomic mass is 15.3. The summed E-state index contributed by atoms with van der Waals surface area (Å²) >= 11 is 0. The molecule has 1 aliphatic heterocycles. The van der Waals surface area contributed by atoms with E-state index < -0.39 is 0 Å². The lowest BCUT2D eigenvalue weighted by Crippen LogP contribution is -2.45. The molecule has 5 rings (SSSR count). The van der Waals surface area contributed by atoms with Gasteiger partial charge in [0.1, 0.15) is 0 Å². The van der Waals surface area contributed by atoms with Gasteiger partial charge in [0.15, 0.2) is 0 Å². The number of aromatic nitrogens is 3. The van der Waals surface area contributed by atoms with Gasteiger partial charge in [-0.1, -0.05) is 48.5 Å². The van der Waals surface area contributed by atoms with Gasteiger partial charge in [-0.3, -0.25) is 19.9 Å². The third-order valence-corrected chi connectivity index (χ3v) is 6.00. The largest absolute Gasteiger partial charge is 0.297 e. The molecule has 156 valence electrons. The Bertz CT molecular complexity index is 1070. The maximum absolute atomic E-state index is 4.25. The summed E-state index contributed by atoms with van der Waals surface area (Å²) in [6.07, 6.45) is 5.61. The minimum absolute atomic E-state index is 0.975. The number of rotatable bonds is 6. The highest BCUT2D eigenvalue weighted by molar-refractivity contribution is 5.68. The molecular weight excluding hydrogens is 382 g/mol. The van der Waals surface area contributed by atoms with E-state index in [0.717, 1.165) is 50.5 Å². The van der Waals surface area contributed by atoms with Gasteiger partial charge in [-0.05, 0) is 40.5 Å². The first-order valence-corrected chi connectivity index (χ1v) is 10.9. The van der Waals surface area contributed by atoms with E-state index in [1.807, 2.05) is 24.7 Å². The standard InChI is InChI=1S/C26H27N5/c1-3-23(24-5-7-25(8-6-24)26-11-14-28-29-26)4-2-21(1)19-30-15-17-31(18-16-30)20-22-9-12-27-13-10-22/h1-14H,15-20H2,(H,28,29). The Kier molecular flexibility index (Phi) is 5.87. The SMILES string of the molecule is c1cc(CN2CCN(Cc3ccc(-c4ccc(-c5cc[nH]n5)cc4)cc3)CC2)ccn1. The highest BCUT2D eigenvalue weighted by Gasteiger charge is 2.17. The molecule has 1 fully saturated rings. The Morgan fingerprint density at radius 1 is 0.613 bits per heavy atom. The van der Waals surface area contributed by atoms with Crippen molar-refractivity contribution in [2.75, 3.05) is 26.2 Å². The Hall–Kier alpha value is -3.28. The van der Waals surface area contributed by atoms with Crippen molar-refractivity contribution in [1.29, 1.82) is 0 Å². The molecule has 5 nitrogen and oxygen atoms in total. The fourth-order valence-electron chi connectivity index (χ4n) is 4.17. The molecular formula is C26H27N5. The lowest BCUT2D eigenvalue weighted by atomic mass is 10.0. The molecule has 0 radical (unpaired) electrons. The van der Waals surface area contributed by atoms with E-state index in [0.29, 0.717) is 0 Å². The van der Waals surface area contributed by atoms with Crippen LogP contribution < -0.4 is 0 Å². The average molecular weight is 410 g/mol. The first-order chi connectivity index (χ1) is 15.3. The van der Waals surface area contributed by atoms with Crippen LogP contribution in [0.4, 0.5) is 0 Å². The topological polar surface area (TPSA) is 48.0 Å². The monoisotopic (exact) mass is 409 g/mol. The van der Waals surface area contributed by atoms with E-state index >= 15 is 0 Å². The van der Waals surface area contributed by atoms with Crippen LogP contribution in [-0.2, 0) is 13.1 Å². The van der Waals surface area contributed by atoms with Gasteiger partial charge in [-0.25, -0.2) is 0 Å². The molecule has 0 amide bonds. The zero-order valence-corrected chi connectivity index (χ0v) is 17.6. The van der Waals surface area contributed by atoms with Crippen molar-refractivity contribution in [2.24, 2.45) is 0 Å². The fourth-order valence-corrected chi connectivity index (χ4v) is 4.17. The Balaban J connectivity index is 1.15. The number of pyridine rings is 1. The van der Waals surface area contributed by atoms with Gasteiger partial charge in [0.05, 0.1) is 5.69 Å². The average Bonchev–Trinajstić information content (AvgIpc) is 3.37. The van der Waals surface area contributed by atoms with Crippen molar-refractivity contribution in [2.45, 2.75) is 13.1 Å². The number of nitrogens with zero attached hydrogens (tertiary/aromatic N) is 4. The number of aromatic amines is 1. The lowest BCUT2D eigenvalue weighted by molar-refractivity contribution is 0.122. The van der Waals surface area contributed by atoms with Crippen molar-refractivity contribution < 1.29 is 0 Å². The molecule has 0 unspecified atom stereocenters. The van der Waals surface area contributed by atoms with Gasteiger partial charge in [0.25, 0.3) is 0 Å². The van der Waals surface area contributed by atoms with Crippen LogP contribution in [0, 0.1) is 0 Å². The Labute approximate surface area is 183 Å². The van der Waals surface area contributed by atoms with Crippen molar-refractivity contribution in [1.82, 2.24) is 25.0 Å². The molecule has 0 saturated carbocycles. The second kappa shape index (κ2) is 9.25. The molecule has 0 atom stereocenters. The van der Waals surface area contributed by atoms with Gasteiger partial charge in [0.2, 0.25) is 0 Å². The van der Waals surface area contributed by atoms with E-state index in [9.17, 15) is 0 Å². The van der Waals surface area contributed by atoms with E-state index in [4.69, 9.17) is 0 Å². The molecule has 1 saturated heterocycles. The van der Waals surface area contributed by atoms with Crippen LogP contribution in [0.1, 0.15) is 11.1 Å². The third-order valence-electron chi connectivity index (χ3n) is 6.00. The highest BCUT2D eigenvalue weighted by Crippen LogP contribution is 2.24. The summed E-state index contributed by atoms with van der Waals surface area (Å²) in [5.74, 6) is 0. The molecule has 0 spiro atoms. The van der Waals surface area contributed by atoms with Crippen LogP contribution >= 0.6 is 0 Å². The Morgan fingerprint density at radius 3 is 1.68 bits per heavy atom. The molecule has 2 aromatic heterocycles. The van der Waals surface area contributed by atoms with Crippen LogP contribution in [0.15, 0.2) is 85.3 Å². The van der Waals surface area contributed by atoms with E-state index in [1.165, 1.54) is 22.3 Å². The van der Waals surface area contributed by atoms with Crippen molar-refractivity contribution in [3.8, 4) is 22.4 Å². The number of H-pyrrole nitrogens is 1. The zero-order valence-electron chi connectivity index (χ0n) is 17.6. The number of hydrogen-bond acceptors (Lipinski definition) is 4. The lowest BCUT2D eigenvalue weighted by Gasteiger charge is -2.34. The quantitative estimate of drug-likeness (QED) is 0.511. The smallest absolute Gasteiger partial charge is 0.0920 e. The second-order valence-corrected chi connectivity index (χ2v) is 8.14. The van der Waals surface area contributed by atoms with Gasteiger partial charge in [0, 0.05) is 63.4 Å². The van der Waals surface area contributed by atoms with Crippen LogP contribution in [-0.4, -0.2) is 51.2 Å². The molecule has 3 heterocycles. The normalized spacial score (nSPS) is 15.2. The summed E-state index contributed by atoms with van der Waals surface area (Å²) in [6.45, 7) is 6.49. The molecule has 1 aliphatic rings. The summed E-state index contributed by atoms with van der Waals surface area (Å²) in [6, 6.07) is 23.8. The van der Waals surface area contributed by atoms with Crippen molar-refractivity contribution >= 4 is 0 Å². The second-order valence-electron chi connectivity index (χ2n) is 8.14. The maximum atomic E-state index is 4.25. The summed E-state index contributed by atoms with van der Waals surface area (Å²) in [5, 5.41) is 7.11. The molecule has 4 aromatic rings. The molecule has 0 aliphatic carbocycles. The van der Waals surface area contributed by atoms with Crippen LogP contribution in [0.5, 0.6) is 0 Å². The predicted octanol–water partition coefficient (Wildman–Crippen LogP) is 4.46. The summed E-state index contributed by atoms with van der Waals surface area (Å²) in [5.41, 5.74) is 7.30. The fraction of sp³-hybridized carbons (Fsp3) is 0.231. The number of piperazine rings is 1. The van der Waals surface area contributed by atoms with Crippen LogP contribution in [0.25, 0.3) is 22.4 Å². The zero-order chi connectivity index (χ0) is 20.9. The molecule has 0 bridgehead atoms. The van der Waals surface area contributed by atoms with Gasteiger partial charge >= 0.3 is 0 Å². The van der Waals surface area contributed by atoms with Crippen molar-refractivity contribution in [3.63, 3.8) is 0 Å². The first kappa shape index (κ1) is 19.7. The Morgan fingerprint density at radius 2 is 1.13 bits per heavy atom. The molecule has 31 heavy (non-hydrogen) atoms. The minimum atomic E-state index is 0.975. The van der Waals surface area contributed by atoms with E-state index in [1.54, 1.807) is 0 Å².